The minimum Gasteiger partial charge on any atom is -0.302 e. The Bertz CT molecular complexity index is 657. The van der Waals surface area contributed by atoms with Crippen LogP contribution in [-0.4, -0.2) is 11.0 Å². The molecule has 2 rings (SSSR count). The van der Waals surface area contributed by atoms with Gasteiger partial charge in [-0.15, -0.1) is 0 Å². The highest BCUT2D eigenvalue weighted by molar-refractivity contribution is 14.1. The first-order valence-electron chi connectivity index (χ1n) is 5.43. The molecule has 0 radical (unpaired) electrons. The van der Waals surface area contributed by atoms with Crippen LogP contribution in [0.2, 0.25) is 0 Å². The normalized spacial score (nSPS) is 11.0. The number of halogens is 4. The van der Waals surface area contributed by atoms with Crippen LogP contribution in [0.25, 0.3) is 11.3 Å². The maximum atomic E-state index is 12.7. The number of rotatable bonds is 3. The maximum absolute atomic E-state index is 12.7. The second-order valence-corrected chi connectivity index (χ2v) is 5.87. The average molecular weight is 440 g/mol. The van der Waals surface area contributed by atoms with Gasteiger partial charge in [-0.3, -0.25) is 4.79 Å². The highest BCUT2D eigenvalue weighted by atomic mass is 127. The van der Waals surface area contributed by atoms with E-state index in [0.29, 0.717) is 9.26 Å². The summed E-state index contributed by atoms with van der Waals surface area (Å²) in [6, 6.07) is 10.6. The van der Waals surface area contributed by atoms with Crippen molar-refractivity contribution in [2.75, 3.05) is 0 Å². The SMILES string of the molecule is O=c1c(I)ccc(-c2ccccc2Br)n1CC(F)F. The van der Waals surface area contributed by atoms with Crippen LogP contribution in [0.5, 0.6) is 0 Å². The number of pyridine rings is 1. The van der Waals surface area contributed by atoms with Gasteiger partial charge in [0, 0.05) is 10.0 Å². The highest BCUT2D eigenvalue weighted by Crippen LogP contribution is 2.27. The van der Waals surface area contributed by atoms with Crippen molar-refractivity contribution in [2.24, 2.45) is 0 Å². The fraction of sp³-hybridized carbons (Fsp3) is 0.154. The molecule has 0 atom stereocenters. The maximum Gasteiger partial charge on any atom is 0.264 e. The molecule has 0 spiro atoms. The quantitative estimate of drug-likeness (QED) is 0.658. The fourth-order valence-corrected chi connectivity index (χ4v) is 2.73. The van der Waals surface area contributed by atoms with E-state index in [-0.39, 0.29) is 0 Å². The van der Waals surface area contributed by atoms with E-state index in [0.717, 1.165) is 14.6 Å². The van der Waals surface area contributed by atoms with E-state index < -0.39 is 18.5 Å². The number of hydrogen-bond acceptors (Lipinski definition) is 1. The molecule has 19 heavy (non-hydrogen) atoms. The Kier molecular flexibility index (Phi) is 4.72. The summed E-state index contributed by atoms with van der Waals surface area (Å²) < 4.78 is 27.6. The van der Waals surface area contributed by atoms with Crippen LogP contribution in [0.4, 0.5) is 8.78 Å². The van der Waals surface area contributed by atoms with Crippen molar-refractivity contribution in [2.45, 2.75) is 13.0 Å². The van der Waals surface area contributed by atoms with Gasteiger partial charge in [-0.05, 0) is 40.8 Å². The first kappa shape index (κ1) is 14.6. The Hall–Kier alpha value is -0.760. The van der Waals surface area contributed by atoms with E-state index in [1.807, 2.05) is 34.7 Å². The molecule has 0 amide bonds. The number of aromatic nitrogens is 1. The van der Waals surface area contributed by atoms with E-state index >= 15 is 0 Å². The zero-order chi connectivity index (χ0) is 14.0. The molecule has 2 nitrogen and oxygen atoms in total. The van der Waals surface area contributed by atoms with Gasteiger partial charge in [0.1, 0.15) is 0 Å². The zero-order valence-electron chi connectivity index (χ0n) is 9.62. The summed E-state index contributed by atoms with van der Waals surface area (Å²) in [5.74, 6) is 0. The van der Waals surface area contributed by atoms with E-state index in [1.54, 1.807) is 24.3 Å². The van der Waals surface area contributed by atoms with Crippen LogP contribution >= 0.6 is 38.5 Å². The number of alkyl halides is 2. The molecule has 1 heterocycles. The average Bonchev–Trinajstić information content (AvgIpc) is 2.36. The molecule has 0 aliphatic heterocycles. The van der Waals surface area contributed by atoms with Crippen molar-refractivity contribution in [3.05, 3.63) is 54.8 Å². The summed E-state index contributed by atoms with van der Waals surface area (Å²) in [6.45, 7) is -0.605. The molecule has 0 aliphatic carbocycles. The molecule has 0 bridgehead atoms. The molecule has 0 aliphatic rings. The molecule has 1 aromatic heterocycles. The van der Waals surface area contributed by atoms with Gasteiger partial charge in [0.25, 0.3) is 12.0 Å². The van der Waals surface area contributed by atoms with E-state index in [4.69, 9.17) is 0 Å². The minimum absolute atomic E-state index is 0.394. The third-order valence-electron chi connectivity index (χ3n) is 2.60. The van der Waals surface area contributed by atoms with E-state index in [9.17, 15) is 13.6 Å². The fourth-order valence-electron chi connectivity index (χ4n) is 1.78. The second-order valence-electron chi connectivity index (χ2n) is 3.85. The van der Waals surface area contributed by atoms with Crippen molar-refractivity contribution >= 4 is 38.5 Å². The van der Waals surface area contributed by atoms with Crippen molar-refractivity contribution in [1.29, 1.82) is 0 Å². The molecule has 0 unspecified atom stereocenters. The third kappa shape index (κ3) is 3.22. The van der Waals surface area contributed by atoms with Crippen molar-refractivity contribution in [3.63, 3.8) is 0 Å². The second kappa shape index (κ2) is 6.13. The summed E-state index contributed by atoms with van der Waals surface area (Å²) >= 11 is 5.22. The molecule has 0 fully saturated rings. The predicted octanol–water partition coefficient (Wildman–Crippen LogP) is 4.15. The monoisotopic (exact) mass is 439 g/mol. The van der Waals surface area contributed by atoms with Gasteiger partial charge < -0.3 is 4.57 Å². The molecule has 2 aromatic rings. The van der Waals surface area contributed by atoms with Crippen LogP contribution in [-0.2, 0) is 6.54 Å². The lowest BCUT2D eigenvalue weighted by Gasteiger charge is -2.14. The predicted molar refractivity (Wildman–Crippen MR) is 82.6 cm³/mol. The molecule has 0 N–H and O–H groups in total. The Morgan fingerprint density at radius 1 is 1.21 bits per heavy atom. The molecule has 6 heteroatoms. The van der Waals surface area contributed by atoms with Crippen LogP contribution in [0, 0.1) is 3.57 Å². The zero-order valence-corrected chi connectivity index (χ0v) is 13.4. The van der Waals surface area contributed by atoms with Crippen molar-refractivity contribution in [3.8, 4) is 11.3 Å². The Balaban J connectivity index is 2.67. The van der Waals surface area contributed by atoms with Crippen molar-refractivity contribution < 1.29 is 8.78 Å². The smallest absolute Gasteiger partial charge is 0.264 e. The van der Waals surface area contributed by atoms with E-state index in [1.165, 1.54) is 0 Å². The Morgan fingerprint density at radius 2 is 1.89 bits per heavy atom. The lowest BCUT2D eigenvalue weighted by molar-refractivity contribution is 0.125. The topological polar surface area (TPSA) is 22.0 Å². The lowest BCUT2D eigenvalue weighted by Crippen LogP contribution is -2.26. The minimum atomic E-state index is -2.57. The molecule has 100 valence electrons. The summed E-state index contributed by atoms with van der Waals surface area (Å²) in [5.41, 5.74) is 0.809. The summed E-state index contributed by atoms with van der Waals surface area (Å²) in [7, 11) is 0. The van der Waals surface area contributed by atoms with Gasteiger partial charge in [-0.25, -0.2) is 8.78 Å². The van der Waals surface area contributed by atoms with Crippen LogP contribution in [0.3, 0.4) is 0 Å². The molecular formula is C13H9BrF2INO. The van der Waals surface area contributed by atoms with Gasteiger partial charge in [-0.1, -0.05) is 34.1 Å². The largest absolute Gasteiger partial charge is 0.302 e. The summed E-state index contributed by atoms with van der Waals surface area (Å²) in [4.78, 5) is 12.0. The third-order valence-corrected chi connectivity index (χ3v) is 4.11. The Labute approximate surface area is 130 Å². The number of benzene rings is 1. The van der Waals surface area contributed by atoms with E-state index in [2.05, 4.69) is 15.9 Å². The molecule has 0 saturated carbocycles. The van der Waals surface area contributed by atoms with Gasteiger partial charge in [0.2, 0.25) is 0 Å². The first-order valence-corrected chi connectivity index (χ1v) is 7.30. The summed E-state index contributed by atoms with van der Waals surface area (Å²) in [5, 5.41) is 0. The standard InChI is InChI=1S/C13H9BrF2INO/c14-9-4-2-1-3-8(9)11-6-5-10(17)13(19)18(11)7-12(15)16/h1-6,12H,7H2. The highest BCUT2D eigenvalue weighted by Gasteiger charge is 2.14. The number of hydrogen-bond donors (Lipinski definition) is 0. The van der Waals surface area contributed by atoms with Crippen LogP contribution < -0.4 is 5.56 Å². The molecule has 1 aromatic carbocycles. The van der Waals surface area contributed by atoms with Gasteiger partial charge in [0.05, 0.1) is 15.8 Å². The molecular weight excluding hydrogens is 431 g/mol. The molecule has 0 saturated heterocycles. The number of nitrogens with zero attached hydrogens (tertiary/aromatic N) is 1. The first-order chi connectivity index (χ1) is 9.00. The van der Waals surface area contributed by atoms with Crippen molar-refractivity contribution in [1.82, 2.24) is 4.57 Å². The van der Waals surface area contributed by atoms with Crippen LogP contribution in [0.15, 0.2) is 45.7 Å². The Morgan fingerprint density at radius 3 is 2.53 bits per heavy atom. The van der Waals surface area contributed by atoms with Crippen LogP contribution in [0.1, 0.15) is 0 Å². The lowest BCUT2D eigenvalue weighted by atomic mass is 10.1. The summed E-state index contributed by atoms with van der Waals surface area (Å²) in [6.07, 6.45) is -2.57. The van der Waals surface area contributed by atoms with Gasteiger partial charge >= 0.3 is 0 Å². The van der Waals surface area contributed by atoms with Gasteiger partial charge in [0.15, 0.2) is 0 Å². The van der Waals surface area contributed by atoms with Gasteiger partial charge in [-0.2, -0.15) is 0 Å².